The molecule has 0 N–H and O–H groups in total. The van der Waals surface area contributed by atoms with Crippen molar-refractivity contribution in [3.63, 3.8) is 0 Å². The molecule has 5 heteroatoms. The van der Waals surface area contributed by atoms with Gasteiger partial charge in [0.05, 0.1) is 12.7 Å². The predicted octanol–water partition coefficient (Wildman–Crippen LogP) is 5.11. The van der Waals surface area contributed by atoms with Crippen LogP contribution >= 0.6 is 0 Å². The van der Waals surface area contributed by atoms with Crippen LogP contribution in [-0.2, 0) is 10.3 Å². The third-order valence-corrected chi connectivity index (χ3v) is 6.03. The minimum atomic E-state index is -1.05. The van der Waals surface area contributed by atoms with Crippen molar-refractivity contribution >= 4 is 11.7 Å². The number of rotatable bonds is 4. The van der Waals surface area contributed by atoms with Crippen molar-refractivity contribution < 1.29 is 19.0 Å². The molecule has 2 aliphatic rings. The zero-order valence-electron chi connectivity index (χ0n) is 17.3. The number of carbonyl (C=O) groups is 1. The Hall–Kier alpha value is -3.47. The van der Waals surface area contributed by atoms with Crippen molar-refractivity contribution in [2.45, 2.75) is 19.4 Å². The highest BCUT2D eigenvalue weighted by Gasteiger charge is 2.53. The van der Waals surface area contributed by atoms with Gasteiger partial charge in [-0.3, -0.25) is 0 Å². The lowest BCUT2D eigenvalue weighted by molar-refractivity contribution is 0.0224. The number of nitrogens with zero attached hydrogens (tertiary/aromatic N) is 1. The Labute approximate surface area is 175 Å². The number of hydrogen-bond donors (Lipinski definition) is 0. The van der Waals surface area contributed by atoms with Gasteiger partial charge in [-0.1, -0.05) is 18.2 Å². The fraction of sp³-hybridized carbons (Fsp3) is 0.240. The summed E-state index contributed by atoms with van der Waals surface area (Å²) in [6.07, 6.45) is 0. The number of fused-ring (bicyclic) bond motifs is 6. The van der Waals surface area contributed by atoms with Gasteiger partial charge in [-0.15, -0.1) is 0 Å². The van der Waals surface area contributed by atoms with E-state index in [1.165, 1.54) is 0 Å². The van der Waals surface area contributed by atoms with Crippen LogP contribution in [0.1, 0.15) is 40.9 Å². The van der Waals surface area contributed by atoms with E-state index in [-0.39, 0.29) is 5.97 Å². The first kappa shape index (κ1) is 18.6. The molecule has 1 spiro atoms. The zero-order valence-corrected chi connectivity index (χ0v) is 17.3. The van der Waals surface area contributed by atoms with E-state index < -0.39 is 5.60 Å². The molecule has 5 rings (SSSR count). The standard InChI is InChI=1S/C25H23NO4/c1-4-26(5-2)16-10-13-22-21(14-16)25(19-9-7-6-8-18(19)24(27)30-25)20-12-11-17(28-3)15-23(20)29-22/h6-15H,4-5H2,1-3H3. The third-order valence-electron chi connectivity index (χ3n) is 6.03. The molecule has 1 unspecified atom stereocenters. The second-order valence-corrected chi connectivity index (χ2v) is 7.43. The van der Waals surface area contributed by atoms with Gasteiger partial charge in [0.1, 0.15) is 17.2 Å². The van der Waals surface area contributed by atoms with Crippen molar-refractivity contribution in [2.75, 3.05) is 25.1 Å². The van der Waals surface area contributed by atoms with E-state index in [0.29, 0.717) is 22.8 Å². The maximum Gasteiger partial charge on any atom is 0.340 e. The van der Waals surface area contributed by atoms with E-state index in [0.717, 1.165) is 35.5 Å². The van der Waals surface area contributed by atoms with Gasteiger partial charge in [0.25, 0.3) is 0 Å². The Morgan fingerprint density at radius 1 is 0.900 bits per heavy atom. The quantitative estimate of drug-likeness (QED) is 0.569. The van der Waals surface area contributed by atoms with E-state index in [1.54, 1.807) is 7.11 Å². The van der Waals surface area contributed by atoms with Gasteiger partial charge < -0.3 is 19.1 Å². The monoisotopic (exact) mass is 401 g/mol. The SMILES string of the molecule is CCN(CC)c1ccc2c(c1)C1(OC(=O)c3ccccc31)c1ccc(OC)cc1O2. The minimum Gasteiger partial charge on any atom is -0.497 e. The number of anilines is 1. The van der Waals surface area contributed by atoms with E-state index in [9.17, 15) is 4.79 Å². The second kappa shape index (κ2) is 6.80. The van der Waals surface area contributed by atoms with Crippen molar-refractivity contribution in [3.05, 3.63) is 82.9 Å². The molecule has 152 valence electrons. The van der Waals surface area contributed by atoms with Gasteiger partial charge in [-0.2, -0.15) is 0 Å². The summed E-state index contributed by atoms with van der Waals surface area (Å²) in [5.74, 6) is 1.66. The van der Waals surface area contributed by atoms with Crippen LogP contribution < -0.4 is 14.4 Å². The molecule has 0 fully saturated rings. The molecule has 5 nitrogen and oxygen atoms in total. The highest BCUT2D eigenvalue weighted by Crippen LogP contribution is 2.57. The largest absolute Gasteiger partial charge is 0.497 e. The van der Waals surface area contributed by atoms with Gasteiger partial charge >= 0.3 is 5.97 Å². The number of esters is 1. The van der Waals surface area contributed by atoms with Crippen molar-refractivity contribution in [3.8, 4) is 17.2 Å². The van der Waals surface area contributed by atoms with Crippen LogP contribution in [0.15, 0.2) is 60.7 Å². The lowest BCUT2D eigenvalue weighted by atomic mass is 9.77. The summed E-state index contributed by atoms with van der Waals surface area (Å²) in [7, 11) is 1.62. The topological polar surface area (TPSA) is 48.0 Å². The van der Waals surface area contributed by atoms with Gasteiger partial charge in [0.15, 0.2) is 5.60 Å². The molecule has 0 saturated heterocycles. The van der Waals surface area contributed by atoms with E-state index in [1.807, 2.05) is 54.6 Å². The maximum atomic E-state index is 12.9. The molecule has 0 bridgehead atoms. The van der Waals surface area contributed by atoms with E-state index in [2.05, 4.69) is 24.8 Å². The number of methoxy groups -OCH3 is 1. The summed E-state index contributed by atoms with van der Waals surface area (Å²) in [6.45, 7) is 6.02. The van der Waals surface area contributed by atoms with Crippen LogP contribution in [0, 0.1) is 0 Å². The highest BCUT2D eigenvalue weighted by molar-refractivity contribution is 5.97. The van der Waals surface area contributed by atoms with Crippen molar-refractivity contribution in [1.29, 1.82) is 0 Å². The molecule has 0 aromatic heterocycles. The molecule has 0 aliphatic carbocycles. The molecular formula is C25H23NO4. The Morgan fingerprint density at radius 3 is 2.47 bits per heavy atom. The molecular weight excluding hydrogens is 378 g/mol. The first-order valence-corrected chi connectivity index (χ1v) is 10.2. The van der Waals surface area contributed by atoms with E-state index >= 15 is 0 Å². The Bertz CT molecular complexity index is 1150. The summed E-state index contributed by atoms with van der Waals surface area (Å²) in [6, 6.07) is 19.3. The normalized spacial score (nSPS) is 18.2. The zero-order chi connectivity index (χ0) is 20.9. The van der Waals surface area contributed by atoms with Crippen LogP contribution in [0.5, 0.6) is 17.2 Å². The van der Waals surface area contributed by atoms with Crippen molar-refractivity contribution in [2.24, 2.45) is 0 Å². The van der Waals surface area contributed by atoms with Gasteiger partial charge in [0.2, 0.25) is 0 Å². The Morgan fingerprint density at radius 2 is 1.70 bits per heavy atom. The molecule has 0 saturated carbocycles. The van der Waals surface area contributed by atoms with Crippen LogP contribution in [0.25, 0.3) is 0 Å². The number of hydrogen-bond acceptors (Lipinski definition) is 5. The first-order valence-electron chi connectivity index (χ1n) is 10.2. The smallest absolute Gasteiger partial charge is 0.340 e. The predicted molar refractivity (Wildman–Crippen MR) is 115 cm³/mol. The maximum absolute atomic E-state index is 12.9. The van der Waals surface area contributed by atoms with Crippen LogP contribution in [-0.4, -0.2) is 26.2 Å². The number of benzene rings is 3. The molecule has 0 amide bonds. The van der Waals surface area contributed by atoms with Gasteiger partial charge in [-0.05, 0) is 50.2 Å². The third kappa shape index (κ3) is 2.45. The molecule has 2 aliphatic heterocycles. The first-order chi connectivity index (χ1) is 14.6. The molecule has 1 atom stereocenters. The highest BCUT2D eigenvalue weighted by atomic mass is 16.6. The summed E-state index contributed by atoms with van der Waals surface area (Å²) in [5, 5.41) is 0. The Kier molecular flexibility index (Phi) is 4.21. The number of ether oxygens (including phenoxy) is 3. The molecule has 2 heterocycles. The summed E-state index contributed by atoms with van der Waals surface area (Å²) < 4.78 is 17.9. The fourth-order valence-corrected chi connectivity index (χ4v) is 4.55. The molecule has 30 heavy (non-hydrogen) atoms. The summed E-state index contributed by atoms with van der Waals surface area (Å²) in [4.78, 5) is 15.2. The van der Waals surface area contributed by atoms with Crippen LogP contribution in [0.2, 0.25) is 0 Å². The minimum absolute atomic E-state index is 0.325. The fourth-order valence-electron chi connectivity index (χ4n) is 4.55. The molecule has 3 aromatic carbocycles. The Balaban J connectivity index is 1.82. The average molecular weight is 401 g/mol. The summed E-state index contributed by atoms with van der Waals surface area (Å²) in [5.41, 5.74) is 3.07. The average Bonchev–Trinajstić information content (AvgIpc) is 3.08. The lowest BCUT2D eigenvalue weighted by Crippen LogP contribution is -2.33. The number of carbonyl (C=O) groups excluding carboxylic acids is 1. The van der Waals surface area contributed by atoms with Crippen LogP contribution in [0.4, 0.5) is 5.69 Å². The van der Waals surface area contributed by atoms with Gasteiger partial charge in [0, 0.05) is 41.5 Å². The lowest BCUT2D eigenvalue weighted by Gasteiger charge is -2.37. The van der Waals surface area contributed by atoms with Gasteiger partial charge in [-0.25, -0.2) is 4.79 Å². The molecule has 0 radical (unpaired) electrons. The molecule has 3 aromatic rings. The summed E-state index contributed by atoms with van der Waals surface area (Å²) >= 11 is 0. The second-order valence-electron chi connectivity index (χ2n) is 7.43. The van der Waals surface area contributed by atoms with E-state index in [4.69, 9.17) is 14.2 Å². The van der Waals surface area contributed by atoms with Crippen molar-refractivity contribution in [1.82, 2.24) is 0 Å². The van der Waals surface area contributed by atoms with Crippen LogP contribution in [0.3, 0.4) is 0 Å².